The molecule has 0 unspecified atom stereocenters. The van der Waals surface area contributed by atoms with E-state index < -0.39 is 0 Å². The zero-order valence-electron chi connectivity index (χ0n) is 29.0. The summed E-state index contributed by atoms with van der Waals surface area (Å²) in [7, 11) is 0. The fourth-order valence-electron chi connectivity index (χ4n) is 7.81. The quantitative estimate of drug-likeness (QED) is 0.161. The molecule has 10 aromatic rings. The van der Waals surface area contributed by atoms with Crippen LogP contribution in [0, 0.1) is 0 Å². The number of imidazole rings is 1. The molecule has 53 heavy (non-hydrogen) atoms. The lowest BCUT2D eigenvalue weighted by atomic mass is 9.84. The van der Waals surface area contributed by atoms with Crippen molar-refractivity contribution in [1.29, 1.82) is 0 Å². The summed E-state index contributed by atoms with van der Waals surface area (Å²) >= 11 is 0. The van der Waals surface area contributed by atoms with E-state index in [2.05, 4.69) is 187 Å². The predicted molar refractivity (Wildman–Crippen MR) is 223 cm³/mol. The van der Waals surface area contributed by atoms with Gasteiger partial charge < -0.3 is 4.40 Å². The van der Waals surface area contributed by atoms with Crippen molar-refractivity contribution in [2.24, 2.45) is 0 Å². The summed E-state index contributed by atoms with van der Waals surface area (Å²) < 4.78 is 2.07. The molecule has 2 nitrogen and oxygen atoms in total. The van der Waals surface area contributed by atoms with Gasteiger partial charge in [0.15, 0.2) is 0 Å². The first-order valence-corrected chi connectivity index (χ1v) is 18.1. The summed E-state index contributed by atoms with van der Waals surface area (Å²) in [6.45, 7) is 0. The monoisotopic (exact) mass is 674 g/mol. The van der Waals surface area contributed by atoms with Gasteiger partial charge in [-0.2, -0.15) is 0 Å². The molecule has 0 saturated heterocycles. The smallest absolute Gasteiger partial charge is 0.137 e. The predicted octanol–water partition coefficient (Wildman–Crippen LogP) is 13.6. The average molecular weight is 675 g/mol. The molecule has 0 radical (unpaired) electrons. The number of pyridine rings is 1. The number of rotatable bonds is 6. The third kappa shape index (κ3) is 5.58. The minimum Gasteiger partial charge on any atom is -0.306 e. The number of fused-ring (bicyclic) bond motifs is 3. The van der Waals surface area contributed by atoms with Gasteiger partial charge in [0.2, 0.25) is 0 Å². The number of aromatic nitrogens is 2. The molecule has 0 aliphatic carbocycles. The van der Waals surface area contributed by atoms with Crippen LogP contribution in [-0.4, -0.2) is 9.38 Å². The third-order valence-corrected chi connectivity index (χ3v) is 10.5. The Labute approximate surface area is 308 Å². The average Bonchev–Trinajstić information content (AvgIpc) is 3.68. The van der Waals surface area contributed by atoms with Crippen LogP contribution in [0.2, 0.25) is 0 Å². The fourth-order valence-corrected chi connectivity index (χ4v) is 7.81. The van der Waals surface area contributed by atoms with Gasteiger partial charge in [-0.3, -0.25) is 0 Å². The second-order valence-corrected chi connectivity index (χ2v) is 13.6. The van der Waals surface area contributed by atoms with Crippen LogP contribution in [-0.2, 0) is 0 Å². The van der Waals surface area contributed by atoms with Gasteiger partial charge in [-0.15, -0.1) is 0 Å². The van der Waals surface area contributed by atoms with E-state index in [1.807, 2.05) is 24.4 Å². The Hall–Kier alpha value is -7.03. The number of hydrogen-bond donors (Lipinski definition) is 0. The molecule has 8 aromatic carbocycles. The summed E-state index contributed by atoms with van der Waals surface area (Å²) in [5.41, 5.74) is 15.2. The van der Waals surface area contributed by atoms with E-state index in [9.17, 15) is 0 Å². The topological polar surface area (TPSA) is 17.3 Å². The highest BCUT2D eigenvalue weighted by atomic mass is 15.0. The molecule has 0 amide bonds. The molecule has 2 aromatic heterocycles. The van der Waals surface area contributed by atoms with Crippen LogP contribution in [0.3, 0.4) is 0 Å². The molecule has 248 valence electrons. The zero-order chi connectivity index (χ0) is 35.1. The molecule has 0 spiro atoms. The summed E-state index contributed by atoms with van der Waals surface area (Å²) in [5.74, 6) is 0. The van der Waals surface area contributed by atoms with Crippen molar-refractivity contribution in [3.05, 3.63) is 207 Å². The maximum absolute atomic E-state index is 4.85. The molecule has 0 atom stereocenters. The largest absolute Gasteiger partial charge is 0.306 e. The van der Waals surface area contributed by atoms with Gasteiger partial charge in [0.25, 0.3) is 0 Å². The van der Waals surface area contributed by atoms with Gasteiger partial charge in [0.1, 0.15) is 5.65 Å². The van der Waals surface area contributed by atoms with Gasteiger partial charge in [0, 0.05) is 18.0 Å². The minimum absolute atomic E-state index is 0.947. The van der Waals surface area contributed by atoms with Crippen molar-refractivity contribution >= 4 is 27.2 Å². The minimum atomic E-state index is 0.947. The van der Waals surface area contributed by atoms with Crippen LogP contribution in [0.15, 0.2) is 207 Å². The van der Waals surface area contributed by atoms with Crippen LogP contribution >= 0.6 is 0 Å². The van der Waals surface area contributed by atoms with Crippen LogP contribution in [0.4, 0.5) is 0 Å². The molecular weight excluding hydrogens is 641 g/mol. The zero-order valence-corrected chi connectivity index (χ0v) is 29.0. The van der Waals surface area contributed by atoms with Gasteiger partial charge in [-0.1, -0.05) is 176 Å². The normalized spacial score (nSPS) is 11.4. The van der Waals surface area contributed by atoms with Crippen LogP contribution in [0.5, 0.6) is 0 Å². The standard InChI is InChI=1S/C51H34N2/c1-3-11-35(12-4-1)37-20-26-41(27-21-37)50-44-15-7-8-16-45(44)51(42-28-22-38(23-29-42)36-13-5-2-6-14-36)47-33-43(30-31-46(47)50)39-18-24-40(25-19-39)48-34-53-32-10-9-17-49(53)52-48/h1-34H. The Bertz CT molecular complexity index is 2850. The molecule has 0 fully saturated rings. The molecular formula is C51H34N2. The van der Waals surface area contributed by atoms with Crippen LogP contribution < -0.4 is 0 Å². The first-order chi connectivity index (χ1) is 26.3. The molecule has 0 aliphatic heterocycles. The Morgan fingerprint density at radius 1 is 0.302 bits per heavy atom. The lowest BCUT2D eigenvalue weighted by Gasteiger charge is -2.19. The van der Waals surface area contributed by atoms with E-state index in [1.165, 1.54) is 77.2 Å². The lowest BCUT2D eigenvalue weighted by molar-refractivity contribution is 1.19. The van der Waals surface area contributed by atoms with E-state index in [0.717, 1.165) is 16.9 Å². The SMILES string of the molecule is c1ccc(-c2ccc(-c3c4ccccc4c(-c4ccc(-c5ccccc5)cc4)c4cc(-c5ccc(-c6cn7ccccc7n6)cc5)ccc34)cc2)cc1. The van der Waals surface area contributed by atoms with E-state index in [-0.39, 0.29) is 0 Å². The summed E-state index contributed by atoms with van der Waals surface area (Å²) in [6, 6.07) is 70.1. The molecule has 2 heterocycles. The highest BCUT2D eigenvalue weighted by molar-refractivity contribution is 6.22. The lowest BCUT2D eigenvalue weighted by Crippen LogP contribution is -1.92. The number of nitrogens with zero attached hydrogens (tertiary/aromatic N) is 2. The second kappa shape index (κ2) is 12.9. The van der Waals surface area contributed by atoms with Crippen molar-refractivity contribution in [3.63, 3.8) is 0 Å². The van der Waals surface area contributed by atoms with Crippen molar-refractivity contribution in [1.82, 2.24) is 9.38 Å². The van der Waals surface area contributed by atoms with Gasteiger partial charge in [-0.05, 0) is 95.4 Å². The summed E-state index contributed by atoms with van der Waals surface area (Å²) in [4.78, 5) is 4.85. The summed E-state index contributed by atoms with van der Waals surface area (Å²) in [6.07, 6.45) is 4.13. The van der Waals surface area contributed by atoms with Gasteiger partial charge >= 0.3 is 0 Å². The van der Waals surface area contributed by atoms with Crippen molar-refractivity contribution in [3.8, 4) is 66.9 Å². The Kier molecular flexibility index (Phi) is 7.51. The third-order valence-electron chi connectivity index (χ3n) is 10.5. The van der Waals surface area contributed by atoms with Crippen LogP contribution in [0.25, 0.3) is 94.1 Å². The van der Waals surface area contributed by atoms with Crippen molar-refractivity contribution in [2.75, 3.05) is 0 Å². The van der Waals surface area contributed by atoms with E-state index in [0.29, 0.717) is 0 Å². The van der Waals surface area contributed by atoms with E-state index in [4.69, 9.17) is 4.98 Å². The maximum Gasteiger partial charge on any atom is 0.137 e. The molecule has 10 rings (SSSR count). The van der Waals surface area contributed by atoms with Crippen molar-refractivity contribution < 1.29 is 0 Å². The first-order valence-electron chi connectivity index (χ1n) is 18.1. The Balaban J connectivity index is 1.15. The van der Waals surface area contributed by atoms with Gasteiger partial charge in [-0.25, -0.2) is 4.98 Å². The maximum atomic E-state index is 4.85. The van der Waals surface area contributed by atoms with Crippen molar-refractivity contribution in [2.45, 2.75) is 0 Å². The van der Waals surface area contributed by atoms with Crippen LogP contribution in [0.1, 0.15) is 0 Å². The summed E-state index contributed by atoms with van der Waals surface area (Å²) in [5, 5.41) is 4.97. The number of benzene rings is 8. The van der Waals surface area contributed by atoms with E-state index in [1.54, 1.807) is 0 Å². The molecule has 0 saturated carbocycles. The first kappa shape index (κ1) is 30.8. The van der Waals surface area contributed by atoms with Gasteiger partial charge in [0.05, 0.1) is 5.69 Å². The van der Waals surface area contributed by atoms with E-state index >= 15 is 0 Å². The number of hydrogen-bond acceptors (Lipinski definition) is 1. The highest BCUT2D eigenvalue weighted by Gasteiger charge is 2.18. The Morgan fingerprint density at radius 2 is 0.717 bits per heavy atom. The Morgan fingerprint density at radius 3 is 1.28 bits per heavy atom. The molecule has 0 N–H and O–H groups in total. The second-order valence-electron chi connectivity index (χ2n) is 13.6. The molecule has 2 heteroatoms. The molecule has 0 bridgehead atoms. The highest BCUT2D eigenvalue weighted by Crippen LogP contribution is 2.45. The fraction of sp³-hybridized carbons (Fsp3) is 0. The molecule has 0 aliphatic rings.